The van der Waals surface area contributed by atoms with Gasteiger partial charge in [0, 0.05) is 27.1 Å². The van der Waals surface area contributed by atoms with Gasteiger partial charge in [0.15, 0.2) is 5.03 Å². The number of amides is 2. The van der Waals surface area contributed by atoms with E-state index in [1.807, 2.05) is 0 Å². The third-order valence-electron chi connectivity index (χ3n) is 4.81. The maximum Gasteiger partial charge on any atom is 0.339 e. The number of fused-ring (bicyclic) bond motifs is 1. The summed E-state index contributed by atoms with van der Waals surface area (Å²) in [5.74, 6) is 0. The number of hydrogen-bond acceptors (Lipinski definition) is 4. The zero-order valence-corrected chi connectivity index (χ0v) is 19.7. The molecule has 2 heterocycles. The molecule has 0 unspecified atom stereocenters. The highest BCUT2D eigenvalue weighted by Gasteiger charge is 2.44. The number of carbonyl (C=O) groups excluding carboxylic acids is 1. The molecule has 162 valence electrons. The molecule has 0 N–H and O–H groups in total. The first-order valence-electron chi connectivity index (χ1n) is 8.83. The number of urea groups is 1. The van der Waals surface area contributed by atoms with E-state index in [2.05, 4.69) is 5.10 Å². The van der Waals surface area contributed by atoms with Crippen molar-refractivity contribution in [3.63, 3.8) is 0 Å². The van der Waals surface area contributed by atoms with Crippen molar-refractivity contribution in [2.45, 2.75) is 18.1 Å². The average Bonchev–Trinajstić information content (AvgIpc) is 3.08. The monoisotopic (exact) mass is 518 g/mol. The van der Waals surface area contributed by atoms with Gasteiger partial charge in [-0.15, -0.1) is 0 Å². The minimum absolute atomic E-state index is 0.0217. The molecule has 0 fully saturated rings. The van der Waals surface area contributed by atoms with Crippen LogP contribution in [0.5, 0.6) is 0 Å². The number of halogens is 4. The Morgan fingerprint density at radius 2 is 1.45 bits per heavy atom. The standard InChI is InChI=1S/C19H14Cl4N4O3S/c1-25-18-17(8-24-25)26(9-11-2-4-13(20)6-15(11)22)19(28)27(31(18,29)30)10-12-3-5-14(21)7-16(12)23/h2-8H,9-10H2,1H3. The van der Waals surface area contributed by atoms with Crippen LogP contribution in [0.1, 0.15) is 11.1 Å². The predicted molar refractivity (Wildman–Crippen MR) is 120 cm³/mol. The van der Waals surface area contributed by atoms with Crippen LogP contribution in [0.3, 0.4) is 0 Å². The molecule has 2 amide bonds. The summed E-state index contributed by atoms with van der Waals surface area (Å²) in [5, 5.41) is 5.38. The number of aromatic nitrogens is 2. The molecule has 1 aliphatic heterocycles. The maximum absolute atomic E-state index is 13.4. The lowest BCUT2D eigenvalue weighted by Gasteiger charge is -2.35. The number of aryl methyl sites for hydroxylation is 1. The van der Waals surface area contributed by atoms with Crippen molar-refractivity contribution in [3.05, 3.63) is 73.8 Å². The summed E-state index contributed by atoms with van der Waals surface area (Å²) in [6.07, 6.45) is 1.33. The van der Waals surface area contributed by atoms with Crippen LogP contribution in [0.2, 0.25) is 20.1 Å². The number of rotatable bonds is 4. The average molecular weight is 520 g/mol. The van der Waals surface area contributed by atoms with Crippen LogP contribution in [0.15, 0.2) is 47.6 Å². The van der Waals surface area contributed by atoms with Crippen molar-refractivity contribution < 1.29 is 13.2 Å². The van der Waals surface area contributed by atoms with Crippen molar-refractivity contribution in [1.29, 1.82) is 0 Å². The van der Waals surface area contributed by atoms with Crippen LogP contribution in [0, 0.1) is 0 Å². The summed E-state index contributed by atoms with van der Waals surface area (Å²) in [6, 6.07) is 8.76. The molecular weight excluding hydrogens is 506 g/mol. The van der Waals surface area contributed by atoms with Crippen molar-refractivity contribution in [1.82, 2.24) is 14.1 Å². The third-order valence-corrected chi connectivity index (χ3v) is 7.81. The molecule has 3 aromatic rings. The van der Waals surface area contributed by atoms with Gasteiger partial charge in [-0.2, -0.15) is 13.5 Å². The van der Waals surface area contributed by atoms with E-state index in [9.17, 15) is 13.2 Å². The summed E-state index contributed by atoms with van der Waals surface area (Å²) in [4.78, 5) is 14.7. The van der Waals surface area contributed by atoms with Gasteiger partial charge in [0.1, 0.15) is 5.69 Å². The van der Waals surface area contributed by atoms with Crippen molar-refractivity contribution in [2.24, 2.45) is 7.05 Å². The largest absolute Gasteiger partial charge is 0.339 e. The SMILES string of the molecule is Cn1ncc2c1S(=O)(=O)N(Cc1ccc(Cl)cc1Cl)C(=O)N2Cc1ccc(Cl)cc1Cl. The highest BCUT2D eigenvalue weighted by atomic mass is 35.5. The molecule has 12 heteroatoms. The van der Waals surface area contributed by atoms with Crippen LogP contribution in [-0.4, -0.2) is 28.5 Å². The number of anilines is 1. The lowest BCUT2D eigenvalue weighted by molar-refractivity contribution is 0.226. The first-order chi connectivity index (χ1) is 14.6. The molecule has 7 nitrogen and oxygen atoms in total. The minimum atomic E-state index is -4.19. The lowest BCUT2D eigenvalue weighted by Crippen LogP contribution is -2.50. The van der Waals surface area contributed by atoms with Gasteiger partial charge in [-0.05, 0) is 35.4 Å². The Hall–Kier alpha value is -1.97. The fraction of sp³-hybridized carbons (Fsp3) is 0.158. The Bertz CT molecular complexity index is 1310. The molecule has 31 heavy (non-hydrogen) atoms. The number of carbonyl (C=O) groups is 1. The van der Waals surface area contributed by atoms with Crippen LogP contribution in [-0.2, 0) is 30.2 Å². The maximum atomic E-state index is 13.4. The van der Waals surface area contributed by atoms with Gasteiger partial charge in [0.05, 0.1) is 19.3 Å². The van der Waals surface area contributed by atoms with E-state index in [1.165, 1.54) is 28.9 Å². The second kappa shape index (κ2) is 8.18. The van der Waals surface area contributed by atoms with Gasteiger partial charge in [-0.1, -0.05) is 58.5 Å². The molecule has 4 rings (SSSR count). The zero-order valence-electron chi connectivity index (χ0n) is 15.9. The molecule has 0 aliphatic carbocycles. The second-order valence-electron chi connectivity index (χ2n) is 6.81. The summed E-state index contributed by atoms with van der Waals surface area (Å²) >= 11 is 24.4. The Labute approximate surface area is 198 Å². The van der Waals surface area contributed by atoms with E-state index in [4.69, 9.17) is 46.4 Å². The summed E-state index contributed by atoms with van der Waals surface area (Å²) in [7, 11) is -2.70. The summed E-state index contributed by atoms with van der Waals surface area (Å²) in [5.41, 5.74) is 1.19. The molecule has 1 aliphatic rings. The second-order valence-corrected chi connectivity index (χ2v) is 10.3. The van der Waals surface area contributed by atoms with Gasteiger partial charge in [-0.3, -0.25) is 9.58 Å². The molecule has 0 atom stereocenters. The van der Waals surface area contributed by atoms with Crippen molar-refractivity contribution >= 4 is 68.1 Å². The third kappa shape index (κ3) is 3.99. The number of nitrogens with zero attached hydrogens (tertiary/aromatic N) is 4. The zero-order chi connectivity index (χ0) is 22.5. The number of sulfonamides is 1. The number of benzene rings is 2. The van der Waals surface area contributed by atoms with Gasteiger partial charge in [0.2, 0.25) is 0 Å². The molecule has 0 saturated heterocycles. The molecule has 0 saturated carbocycles. The highest BCUT2D eigenvalue weighted by Crippen LogP contribution is 2.37. The minimum Gasteiger partial charge on any atom is -0.284 e. The van der Waals surface area contributed by atoms with Crippen LogP contribution in [0.4, 0.5) is 10.5 Å². The molecular formula is C19H14Cl4N4O3S. The molecule has 2 aromatic carbocycles. The van der Waals surface area contributed by atoms with Gasteiger partial charge in [0.25, 0.3) is 10.0 Å². The Morgan fingerprint density at radius 1 is 0.903 bits per heavy atom. The van der Waals surface area contributed by atoms with E-state index < -0.39 is 16.1 Å². The van der Waals surface area contributed by atoms with Crippen LogP contribution >= 0.6 is 46.4 Å². The lowest BCUT2D eigenvalue weighted by atomic mass is 10.2. The van der Waals surface area contributed by atoms with E-state index in [0.29, 0.717) is 26.2 Å². The van der Waals surface area contributed by atoms with E-state index in [0.717, 1.165) is 4.31 Å². The Kier molecular flexibility index (Phi) is 5.87. The predicted octanol–water partition coefficient (Wildman–Crippen LogP) is 5.36. The van der Waals surface area contributed by atoms with E-state index in [1.54, 1.807) is 30.3 Å². The van der Waals surface area contributed by atoms with E-state index in [-0.39, 0.29) is 28.8 Å². The van der Waals surface area contributed by atoms with Gasteiger partial charge in [-0.25, -0.2) is 9.10 Å². The molecule has 0 spiro atoms. The topological polar surface area (TPSA) is 75.5 Å². The summed E-state index contributed by atoms with van der Waals surface area (Å²) < 4.78 is 28.6. The van der Waals surface area contributed by atoms with Crippen LogP contribution in [0.25, 0.3) is 0 Å². The van der Waals surface area contributed by atoms with Crippen molar-refractivity contribution in [3.8, 4) is 0 Å². The van der Waals surface area contributed by atoms with Crippen molar-refractivity contribution in [2.75, 3.05) is 4.90 Å². The first-order valence-corrected chi connectivity index (χ1v) is 11.8. The van der Waals surface area contributed by atoms with E-state index >= 15 is 0 Å². The molecule has 0 radical (unpaired) electrons. The Morgan fingerprint density at radius 3 is 2.00 bits per heavy atom. The molecule has 1 aromatic heterocycles. The fourth-order valence-corrected chi connectivity index (χ4v) is 5.84. The molecule has 0 bridgehead atoms. The number of hydrogen-bond donors (Lipinski definition) is 0. The fourth-order valence-electron chi connectivity index (χ4n) is 3.27. The van der Waals surface area contributed by atoms with Crippen LogP contribution < -0.4 is 4.90 Å². The Balaban J connectivity index is 1.80. The normalized spacial score (nSPS) is 15.3. The van der Waals surface area contributed by atoms with Gasteiger partial charge >= 0.3 is 6.03 Å². The van der Waals surface area contributed by atoms with Gasteiger partial charge < -0.3 is 0 Å². The quantitative estimate of drug-likeness (QED) is 0.464. The summed E-state index contributed by atoms with van der Waals surface area (Å²) in [6.45, 7) is -0.249. The smallest absolute Gasteiger partial charge is 0.284 e. The first kappa shape index (κ1) is 22.2. The highest BCUT2D eigenvalue weighted by molar-refractivity contribution is 7.89.